The van der Waals surface area contributed by atoms with E-state index in [2.05, 4.69) is 22.0 Å². The monoisotopic (exact) mass is 265 g/mol. The summed E-state index contributed by atoms with van der Waals surface area (Å²) in [5.74, 6) is 0. The summed E-state index contributed by atoms with van der Waals surface area (Å²) in [6, 6.07) is 2.46. The van der Waals surface area contributed by atoms with Crippen molar-refractivity contribution in [3.05, 3.63) is 0 Å². The van der Waals surface area contributed by atoms with Crippen molar-refractivity contribution in [2.75, 3.05) is 32.7 Å². The van der Waals surface area contributed by atoms with Gasteiger partial charge in [-0.3, -0.25) is 9.80 Å². The predicted molar refractivity (Wildman–Crippen MR) is 80.5 cm³/mol. The second-order valence-electron chi connectivity index (χ2n) is 6.92. The summed E-state index contributed by atoms with van der Waals surface area (Å²) in [4.78, 5) is 5.52. The SMILES string of the molecule is CC1CN2CCCCC2CN1CCCC1CCCN1. The quantitative estimate of drug-likeness (QED) is 0.839. The lowest BCUT2D eigenvalue weighted by molar-refractivity contribution is 0.0144. The smallest absolute Gasteiger partial charge is 0.0223 e. The van der Waals surface area contributed by atoms with Gasteiger partial charge in [-0.2, -0.15) is 0 Å². The maximum atomic E-state index is 3.62. The predicted octanol–water partition coefficient (Wildman–Crippen LogP) is 2.08. The molecule has 0 saturated carbocycles. The van der Waals surface area contributed by atoms with E-state index in [-0.39, 0.29) is 0 Å². The minimum absolute atomic E-state index is 0.769. The van der Waals surface area contributed by atoms with Crippen LogP contribution < -0.4 is 5.32 Å². The lowest BCUT2D eigenvalue weighted by Gasteiger charge is -2.47. The van der Waals surface area contributed by atoms with Crippen molar-refractivity contribution in [1.29, 1.82) is 0 Å². The van der Waals surface area contributed by atoms with Gasteiger partial charge in [0.15, 0.2) is 0 Å². The van der Waals surface area contributed by atoms with Crippen LogP contribution in [0.4, 0.5) is 0 Å². The number of fused-ring (bicyclic) bond motifs is 1. The third kappa shape index (κ3) is 3.50. The molecule has 110 valence electrons. The first-order chi connectivity index (χ1) is 9.33. The third-order valence-corrected chi connectivity index (χ3v) is 5.48. The molecule has 3 aliphatic heterocycles. The largest absolute Gasteiger partial charge is 0.314 e. The lowest BCUT2D eigenvalue weighted by atomic mass is 9.97. The third-order valence-electron chi connectivity index (χ3n) is 5.48. The number of rotatable bonds is 4. The normalized spacial score (nSPS) is 37.4. The average molecular weight is 265 g/mol. The number of nitrogens with zero attached hydrogens (tertiary/aromatic N) is 2. The Kier molecular flexibility index (Phi) is 4.78. The van der Waals surface area contributed by atoms with E-state index in [0.717, 1.165) is 18.1 Å². The van der Waals surface area contributed by atoms with E-state index in [1.54, 1.807) is 0 Å². The van der Waals surface area contributed by atoms with Gasteiger partial charge in [0.05, 0.1) is 0 Å². The van der Waals surface area contributed by atoms with Gasteiger partial charge in [-0.15, -0.1) is 0 Å². The van der Waals surface area contributed by atoms with E-state index in [0.29, 0.717) is 0 Å². The summed E-state index contributed by atoms with van der Waals surface area (Å²) in [5, 5.41) is 3.62. The van der Waals surface area contributed by atoms with E-state index in [1.807, 2.05) is 0 Å². The highest BCUT2D eigenvalue weighted by molar-refractivity contribution is 4.89. The van der Waals surface area contributed by atoms with Crippen LogP contribution in [0.2, 0.25) is 0 Å². The van der Waals surface area contributed by atoms with Gasteiger partial charge in [0, 0.05) is 31.2 Å². The minimum Gasteiger partial charge on any atom is -0.314 e. The molecule has 3 fully saturated rings. The molecular formula is C16H31N3. The molecule has 0 radical (unpaired) electrons. The van der Waals surface area contributed by atoms with Crippen molar-refractivity contribution in [2.45, 2.75) is 70.0 Å². The first-order valence-electron chi connectivity index (χ1n) is 8.54. The van der Waals surface area contributed by atoms with Gasteiger partial charge in [0.1, 0.15) is 0 Å². The average Bonchev–Trinajstić information content (AvgIpc) is 2.92. The Morgan fingerprint density at radius 3 is 2.89 bits per heavy atom. The number of piperidine rings is 1. The van der Waals surface area contributed by atoms with Crippen LogP contribution in [0.25, 0.3) is 0 Å². The number of piperazine rings is 1. The van der Waals surface area contributed by atoms with Crippen LogP contribution in [0, 0.1) is 0 Å². The maximum absolute atomic E-state index is 3.62. The summed E-state index contributed by atoms with van der Waals surface area (Å²) < 4.78 is 0. The van der Waals surface area contributed by atoms with Crippen molar-refractivity contribution < 1.29 is 0 Å². The van der Waals surface area contributed by atoms with Gasteiger partial charge in [-0.05, 0) is 65.1 Å². The fourth-order valence-electron chi connectivity index (χ4n) is 4.27. The van der Waals surface area contributed by atoms with Gasteiger partial charge < -0.3 is 5.32 Å². The van der Waals surface area contributed by atoms with Crippen molar-refractivity contribution in [2.24, 2.45) is 0 Å². The van der Waals surface area contributed by atoms with Gasteiger partial charge in [0.25, 0.3) is 0 Å². The Bertz CT molecular complexity index is 275. The molecule has 3 heteroatoms. The maximum Gasteiger partial charge on any atom is 0.0223 e. The van der Waals surface area contributed by atoms with Crippen LogP contribution in [0.1, 0.15) is 51.9 Å². The molecule has 3 rings (SSSR count). The van der Waals surface area contributed by atoms with Crippen LogP contribution >= 0.6 is 0 Å². The summed E-state index contributed by atoms with van der Waals surface area (Å²) in [6.07, 6.45) is 9.89. The minimum atomic E-state index is 0.769. The molecule has 0 aliphatic carbocycles. The van der Waals surface area contributed by atoms with Crippen LogP contribution in [0.5, 0.6) is 0 Å². The zero-order valence-corrected chi connectivity index (χ0v) is 12.6. The second kappa shape index (κ2) is 6.55. The van der Waals surface area contributed by atoms with Gasteiger partial charge in [-0.25, -0.2) is 0 Å². The molecular weight excluding hydrogens is 234 g/mol. The fourth-order valence-corrected chi connectivity index (χ4v) is 4.27. The zero-order valence-electron chi connectivity index (χ0n) is 12.6. The summed E-state index contributed by atoms with van der Waals surface area (Å²) in [7, 11) is 0. The molecule has 0 aromatic rings. The van der Waals surface area contributed by atoms with Crippen molar-refractivity contribution in [1.82, 2.24) is 15.1 Å². The molecule has 0 bridgehead atoms. The molecule has 3 heterocycles. The number of hydrogen-bond donors (Lipinski definition) is 1. The van der Waals surface area contributed by atoms with Crippen LogP contribution in [-0.2, 0) is 0 Å². The van der Waals surface area contributed by atoms with Crippen molar-refractivity contribution in [3.8, 4) is 0 Å². The highest BCUT2D eigenvalue weighted by atomic mass is 15.3. The Labute approximate surface area is 118 Å². The van der Waals surface area contributed by atoms with Gasteiger partial charge in [-0.1, -0.05) is 6.42 Å². The number of hydrogen-bond acceptors (Lipinski definition) is 3. The fraction of sp³-hybridized carbons (Fsp3) is 1.00. The van der Waals surface area contributed by atoms with E-state index in [1.165, 1.54) is 77.7 Å². The molecule has 3 nitrogen and oxygen atoms in total. The Hall–Kier alpha value is -0.120. The van der Waals surface area contributed by atoms with E-state index < -0.39 is 0 Å². The summed E-state index contributed by atoms with van der Waals surface area (Å²) >= 11 is 0. The molecule has 3 unspecified atom stereocenters. The van der Waals surface area contributed by atoms with Gasteiger partial charge >= 0.3 is 0 Å². The molecule has 0 aromatic carbocycles. The van der Waals surface area contributed by atoms with E-state index in [9.17, 15) is 0 Å². The van der Waals surface area contributed by atoms with Crippen molar-refractivity contribution >= 4 is 0 Å². The van der Waals surface area contributed by atoms with Crippen molar-refractivity contribution in [3.63, 3.8) is 0 Å². The molecule has 0 spiro atoms. The Morgan fingerprint density at radius 1 is 1.11 bits per heavy atom. The molecule has 3 atom stereocenters. The Morgan fingerprint density at radius 2 is 2.05 bits per heavy atom. The first kappa shape index (κ1) is 13.8. The van der Waals surface area contributed by atoms with E-state index in [4.69, 9.17) is 0 Å². The topological polar surface area (TPSA) is 18.5 Å². The Balaban J connectivity index is 1.42. The molecule has 1 N–H and O–H groups in total. The molecule has 19 heavy (non-hydrogen) atoms. The van der Waals surface area contributed by atoms with Crippen LogP contribution in [0.3, 0.4) is 0 Å². The second-order valence-corrected chi connectivity index (χ2v) is 6.92. The zero-order chi connectivity index (χ0) is 13.1. The summed E-state index contributed by atoms with van der Waals surface area (Å²) in [6.45, 7) is 9.00. The molecule has 0 aromatic heterocycles. The summed E-state index contributed by atoms with van der Waals surface area (Å²) in [5.41, 5.74) is 0. The highest BCUT2D eigenvalue weighted by Gasteiger charge is 2.32. The van der Waals surface area contributed by atoms with Gasteiger partial charge in [0.2, 0.25) is 0 Å². The molecule has 3 saturated heterocycles. The highest BCUT2D eigenvalue weighted by Crippen LogP contribution is 2.24. The molecule has 0 amide bonds. The molecule has 3 aliphatic rings. The standard InChI is InChI=1S/C16H31N3/c1-14-12-19-10-3-2-8-16(19)13-18(14)11-5-7-15-6-4-9-17-15/h14-17H,2-13H2,1H3. The van der Waals surface area contributed by atoms with Crippen LogP contribution in [0.15, 0.2) is 0 Å². The first-order valence-corrected chi connectivity index (χ1v) is 8.54. The number of nitrogens with one attached hydrogen (secondary N) is 1. The van der Waals surface area contributed by atoms with E-state index >= 15 is 0 Å². The lowest BCUT2D eigenvalue weighted by Crippen LogP contribution is -2.58. The van der Waals surface area contributed by atoms with Crippen LogP contribution in [-0.4, -0.2) is 60.6 Å².